The van der Waals surface area contributed by atoms with Gasteiger partial charge in [0.25, 0.3) is 0 Å². The van der Waals surface area contributed by atoms with Crippen molar-refractivity contribution in [2.75, 3.05) is 11.9 Å². The Balaban J connectivity index is 1.61. The van der Waals surface area contributed by atoms with Gasteiger partial charge in [0.15, 0.2) is 11.6 Å². The predicted octanol–water partition coefficient (Wildman–Crippen LogP) is 3.55. The average Bonchev–Trinajstić information content (AvgIpc) is 2.58. The lowest BCUT2D eigenvalue weighted by Gasteiger charge is -2.10. The fourth-order valence-corrected chi connectivity index (χ4v) is 2.53. The quantitative estimate of drug-likeness (QED) is 0.664. The fraction of sp³-hybridized carbons (Fsp3) is 0.105. The number of aromatic hydroxyl groups is 1. The molecule has 0 saturated carbocycles. The number of halogens is 2. The molecule has 0 atom stereocenters. The number of carbonyl (C=O) groups excluding carboxylic acids is 1. The van der Waals surface area contributed by atoms with E-state index in [0.717, 1.165) is 22.9 Å². The lowest BCUT2D eigenvalue weighted by molar-refractivity contribution is -0.115. The molecule has 0 aromatic heterocycles. The highest BCUT2D eigenvalue weighted by molar-refractivity contribution is 6.03. The second kappa shape index (κ2) is 7.27. The van der Waals surface area contributed by atoms with E-state index >= 15 is 0 Å². The van der Waals surface area contributed by atoms with Crippen molar-refractivity contribution in [1.29, 1.82) is 0 Å². The molecule has 0 unspecified atom stereocenters. The number of phenolic OH excluding ortho intramolecular Hbond substituents is 1. The van der Waals surface area contributed by atoms with Crippen LogP contribution in [0.15, 0.2) is 54.6 Å². The van der Waals surface area contributed by atoms with Crippen LogP contribution in [0.2, 0.25) is 0 Å². The average molecular weight is 342 g/mol. The molecule has 3 rings (SSSR count). The minimum atomic E-state index is -0.917. The zero-order chi connectivity index (χ0) is 17.8. The van der Waals surface area contributed by atoms with Gasteiger partial charge >= 0.3 is 0 Å². The van der Waals surface area contributed by atoms with Gasteiger partial charge in [-0.15, -0.1) is 0 Å². The maximum Gasteiger partial charge on any atom is 0.238 e. The highest BCUT2D eigenvalue weighted by atomic mass is 19.2. The van der Waals surface area contributed by atoms with Gasteiger partial charge in [0, 0.05) is 17.6 Å². The molecule has 0 aliphatic carbocycles. The first-order valence-corrected chi connectivity index (χ1v) is 7.69. The largest absolute Gasteiger partial charge is 0.508 e. The van der Waals surface area contributed by atoms with Crippen LogP contribution >= 0.6 is 0 Å². The van der Waals surface area contributed by atoms with Crippen molar-refractivity contribution in [1.82, 2.24) is 5.32 Å². The molecule has 3 aromatic carbocycles. The summed E-state index contributed by atoms with van der Waals surface area (Å²) in [6, 6.07) is 14.0. The zero-order valence-electron chi connectivity index (χ0n) is 13.2. The van der Waals surface area contributed by atoms with Gasteiger partial charge in [-0.3, -0.25) is 4.79 Å². The van der Waals surface area contributed by atoms with Crippen LogP contribution < -0.4 is 10.6 Å². The number of hydrogen-bond donors (Lipinski definition) is 3. The van der Waals surface area contributed by atoms with Crippen molar-refractivity contribution in [3.8, 4) is 5.75 Å². The van der Waals surface area contributed by atoms with Gasteiger partial charge in [-0.25, -0.2) is 8.78 Å². The molecule has 3 aromatic rings. The molecule has 0 heterocycles. The molecular weight excluding hydrogens is 326 g/mol. The van der Waals surface area contributed by atoms with Crippen LogP contribution in [-0.2, 0) is 11.3 Å². The summed E-state index contributed by atoms with van der Waals surface area (Å²) in [7, 11) is 0. The van der Waals surface area contributed by atoms with E-state index in [4.69, 9.17) is 0 Å². The van der Waals surface area contributed by atoms with Crippen LogP contribution in [-0.4, -0.2) is 17.6 Å². The molecule has 0 fully saturated rings. The Labute approximate surface area is 143 Å². The normalized spacial score (nSPS) is 10.8. The molecule has 0 bridgehead atoms. The van der Waals surface area contributed by atoms with Crippen molar-refractivity contribution in [3.05, 3.63) is 71.8 Å². The van der Waals surface area contributed by atoms with Gasteiger partial charge in [-0.1, -0.05) is 24.3 Å². The number of carbonyl (C=O) groups is 1. The molecule has 128 valence electrons. The van der Waals surface area contributed by atoms with Gasteiger partial charge in [0.05, 0.1) is 6.54 Å². The minimum absolute atomic E-state index is 0.00813. The molecule has 25 heavy (non-hydrogen) atoms. The molecule has 0 radical (unpaired) electrons. The summed E-state index contributed by atoms with van der Waals surface area (Å²) in [4.78, 5) is 12.1. The number of fused-ring (bicyclic) bond motifs is 1. The molecular formula is C19H16F2N2O2. The van der Waals surface area contributed by atoms with Crippen LogP contribution in [0, 0.1) is 11.6 Å². The summed E-state index contributed by atoms with van der Waals surface area (Å²) >= 11 is 0. The Kier molecular flexibility index (Phi) is 4.90. The maximum absolute atomic E-state index is 13.1. The smallest absolute Gasteiger partial charge is 0.238 e. The molecule has 3 N–H and O–H groups in total. The Morgan fingerprint density at radius 3 is 2.64 bits per heavy atom. The Morgan fingerprint density at radius 1 is 1.00 bits per heavy atom. The van der Waals surface area contributed by atoms with E-state index in [0.29, 0.717) is 11.3 Å². The Bertz CT molecular complexity index is 928. The van der Waals surface area contributed by atoms with Gasteiger partial charge in [-0.2, -0.15) is 0 Å². The highest BCUT2D eigenvalue weighted by Gasteiger charge is 2.07. The SMILES string of the molecule is O=C(CNCc1ccc(F)c(F)c1)Nc1cccc2ccc(O)cc12. The number of amides is 1. The number of benzene rings is 3. The predicted molar refractivity (Wildman–Crippen MR) is 92.3 cm³/mol. The van der Waals surface area contributed by atoms with Crippen molar-refractivity contribution < 1.29 is 18.7 Å². The molecule has 6 heteroatoms. The lowest BCUT2D eigenvalue weighted by Crippen LogP contribution is -2.27. The van der Waals surface area contributed by atoms with Gasteiger partial charge in [0.2, 0.25) is 5.91 Å². The fourth-order valence-electron chi connectivity index (χ4n) is 2.53. The molecule has 0 aliphatic rings. The summed E-state index contributed by atoms with van der Waals surface area (Å²) in [6.45, 7) is 0.245. The summed E-state index contributed by atoms with van der Waals surface area (Å²) in [6.07, 6.45) is 0. The van der Waals surface area contributed by atoms with Crippen LogP contribution in [0.3, 0.4) is 0 Å². The number of nitrogens with one attached hydrogen (secondary N) is 2. The Hall–Kier alpha value is -2.99. The first-order chi connectivity index (χ1) is 12.0. The maximum atomic E-state index is 13.1. The number of hydrogen-bond acceptors (Lipinski definition) is 3. The molecule has 0 spiro atoms. The first kappa shape index (κ1) is 16.9. The third-order valence-electron chi connectivity index (χ3n) is 3.74. The second-order valence-corrected chi connectivity index (χ2v) is 5.61. The molecule has 4 nitrogen and oxygen atoms in total. The van der Waals surface area contributed by atoms with Gasteiger partial charge in [-0.05, 0) is 41.3 Å². The van der Waals surface area contributed by atoms with E-state index in [1.54, 1.807) is 24.3 Å². The Morgan fingerprint density at radius 2 is 1.84 bits per heavy atom. The van der Waals surface area contributed by atoms with Crippen molar-refractivity contribution in [3.63, 3.8) is 0 Å². The van der Waals surface area contributed by atoms with Crippen LogP contribution in [0.4, 0.5) is 14.5 Å². The first-order valence-electron chi connectivity index (χ1n) is 7.69. The summed E-state index contributed by atoms with van der Waals surface area (Å²) < 4.78 is 26.0. The van der Waals surface area contributed by atoms with E-state index in [1.807, 2.05) is 12.1 Å². The second-order valence-electron chi connectivity index (χ2n) is 5.61. The van der Waals surface area contributed by atoms with E-state index in [2.05, 4.69) is 10.6 Å². The molecule has 1 amide bonds. The molecule has 0 saturated heterocycles. The number of rotatable bonds is 5. The van der Waals surface area contributed by atoms with Crippen molar-refractivity contribution in [2.24, 2.45) is 0 Å². The highest BCUT2D eigenvalue weighted by Crippen LogP contribution is 2.26. The van der Waals surface area contributed by atoms with E-state index in [-0.39, 0.29) is 24.7 Å². The number of anilines is 1. The van der Waals surface area contributed by atoms with E-state index < -0.39 is 11.6 Å². The van der Waals surface area contributed by atoms with Gasteiger partial charge < -0.3 is 15.7 Å². The number of phenols is 1. The zero-order valence-corrected chi connectivity index (χ0v) is 13.2. The van der Waals surface area contributed by atoms with Crippen molar-refractivity contribution >= 4 is 22.4 Å². The van der Waals surface area contributed by atoms with Gasteiger partial charge in [0.1, 0.15) is 5.75 Å². The summed E-state index contributed by atoms with van der Waals surface area (Å²) in [5, 5.41) is 16.9. The lowest BCUT2D eigenvalue weighted by atomic mass is 10.1. The van der Waals surface area contributed by atoms with Crippen molar-refractivity contribution in [2.45, 2.75) is 6.54 Å². The third-order valence-corrected chi connectivity index (χ3v) is 3.74. The third kappa shape index (κ3) is 4.10. The van der Waals surface area contributed by atoms with Crippen LogP contribution in [0.25, 0.3) is 10.8 Å². The monoisotopic (exact) mass is 342 g/mol. The van der Waals surface area contributed by atoms with E-state index in [1.165, 1.54) is 6.07 Å². The van der Waals surface area contributed by atoms with E-state index in [9.17, 15) is 18.7 Å². The minimum Gasteiger partial charge on any atom is -0.508 e. The summed E-state index contributed by atoms with van der Waals surface area (Å²) in [5.74, 6) is -1.98. The molecule has 0 aliphatic heterocycles. The standard InChI is InChI=1S/C19H16F2N2O2/c20-16-7-4-12(8-17(16)21)10-22-11-19(25)23-18-3-1-2-13-5-6-14(24)9-15(13)18/h1-9,22,24H,10-11H2,(H,23,25). The summed E-state index contributed by atoms with van der Waals surface area (Å²) in [5.41, 5.74) is 1.13. The topological polar surface area (TPSA) is 61.4 Å². The van der Waals surface area contributed by atoms with Crippen LogP contribution in [0.1, 0.15) is 5.56 Å². The van der Waals surface area contributed by atoms with Crippen LogP contribution in [0.5, 0.6) is 5.75 Å².